The van der Waals surface area contributed by atoms with Crippen LogP contribution in [0.15, 0.2) is 36.5 Å². The zero-order valence-electron chi connectivity index (χ0n) is 13.8. The number of pyridine rings is 1. The van der Waals surface area contributed by atoms with E-state index in [1.54, 1.807) is 12.1 Å². The van der Waals surface area contributed by atoms with Crippen LogP contribution >= 0.6 is 0 Å². The van der Waals surface area contributed by atoms with Crippen LogP contribution in [0, 0.1) is 13.8 Å². The summed E-state index contributed by atoms with van der Waals surface area (Å²) < 4.78 is 26.3. The van der Waals surface area contributed by atoms with Crippen molar-refractivity contribution in [2.24, 2.45) is 0 Å². The van der Waals surface area contributed by atoms with Crippen LogP contribution < -0.4 is 10.0 Å². The largest absolute Gasteiger partial charge is 0.340 e. The van der Waals surface area contributed by atoms with Crippen LogP contribution in [0.5, 0.6) is 0 Å². The quantitative estimate of drug-likeness (QED) is 0.804. The first-order chi connectivity index (χ1) is 10.9. The molecule has 0 saturated heterocycles. The van der Waals surface area contributed by atoms with Gasteiger partial charge in [0.2, 0.25) is 10.0 Å². The highest BCUT2D eigenvalue weighted by atomic mass is 32.2. The number of aryl methyl sites for hydroxylation is 2. The molecular weight excluding hydrogens is 310 g/mol. The van der Waals surface area contributed by atoms with Gasteiger partial charge in [-0.2, -0.15) is 0 Å². The van der Waals surface area contributed by atoms with Crippen LogP contribution in [-0.2, 0) is 10.0 Å². The van der Waals surface area contributed by atoms with E-state index >= 15 is 0 Å². The second kappa shape index (κ2) is 7.46. The second-order valence-electron chi connectivity index (χ2n) is 5.65. The van der Waals surface area contributed by atoms with E-state index in [1.807, 2.05) is 26.8 Å². The van der Waals surface area contributed by atoms with Gasteiger partial charge in [-0.25, -0.2) is 13.4 Å². The molecular formula is C17H23N3O2S. The number of anilines is 3. The molecule has 0 aliphatic carbocycles. The molecule has 2 rings (SSSR count). The highest BCUT2D eigenvalue weighted by molar-refractivity contribution is 7.92. The van der Waals surface area contributed by atoms with Gasteiger partial charge in [0, 0.05) is 5.69 Å². The van der Waals surface area contributed by atoms with E-state index in [1.165, 1.54) is 11.8 Å². The first-order valence-electron chi connectivity index (χ1n) is 7.70. The zero-order valence-corrected chi connectivity index (χ0v) is 14.6. The van der Waals surface area contributed by atoms with E-state index in [4.69, 9.17) is 0 Å². The van der Waals surface area contributed by atoms with Crippen LogP contribution in [0.2, 0.25) is 0 Å². The van der Waals surface area contributed by atoms with Crippen LogP contribution in [0.25, 0.3) is 0 Å². The van der Waals surface area contributed by atoms with Gasteiger partial charge in [0.15, 0.2) is 0 Å². The Morgan fingerprint density at radius 3 is 2.57 bits per heavy atom. The van der Waals surface area contributed by atoms with Crippen molar-refractivity contribution in [2.45, 2.75) is 33.6 Å². The fourth-order valence-corrected chi connectivity index (χ4v) is 3.35. The van der Waals surface area contributed by atoms with Gasteiger partial charge >= 0.3 is 0 Å². The highest BCUT2D eigenvalue weighted by Crippen LogP contribution is 2.21. The molecule has 2 N–H and O–H groups in total. The average Bonchev–Trinajstić information content (AvgIpc) is 2.51. The molecule has 0 bridgehead atoms. The highest BCUT2D eigenvalue weighted by Gasteiger charge is 2.09. The fourth-order valence-electron chi connectivity index (χ4n) is 2.10. The summed E-state index contributed by atoms with van der Waals surface area (Å²) in [7, 11) is -3.29. The average molecular weight is 333 g/mol. The normalized spacial score (nSPS) is 11.3. The Morgan fingerprint density at radius 1 is 1.13 bits per heavy atom. The Labute approximate surface area is 138 Å². The maximum atomic E-state index is 11.9. The van der Waals surface area contributed by atoms with E-state index in [0.717, 1.165) is 17.7 Å². The summed E-state index contributed by atoms with van der Waals surface area (Å²) >= 11 is 0. The molecule has 0 radical (unpaired) electrons. The molecule has 0 aliphatic rings. The van der Waals surface area contributed by atoms with E-state index in [2.05, 4.69) is 27.2 Å². The summed E-state index contributed by atoms with van der Waals surface area (Å²) in [6.07, 6.45) is 3.02. The van der Waals surface area contributed by atoms with Crippen molar-refractivity contribution in [3.63, 3.8) is 0 Å². The third-order valence-corrected chi connectivity index (χ3v) is 4.83. The van der Waals surface area contributed by atoms with Crippen molar-refractivity contribution in [3.05, 3.63) is 47.7 Å². The zero-order chi connectivity index (χ0) is 16.9. The first-order valence-corrected chi connectivity index (χ1v) is 9.35. The molecule has 1 aromatic heterocycles. The summed E-state index contributed by atoms with van der Waals surface area (Å²) in [4.78, 5) is 4.27. The second-order valence-corrected chi connectivity index (χ2v) is 7.49. The standard InChI is InChI=1S/C17H23N3O2S/c1-4-5-10-23(21,22)20-15-8-9-17(18-12-15)19-16-11-13(2)6-7-14(16)3/h6-9,11-12,20H,4-5,10H2,1-3H3,(H,18,19). The number of rotatable bonds is 7. The lowest BCUT2D eigenvalue weighted by Gasteiger charge is -2.11. The predicted octanol–water partition coefficient (Wildman–Crippen LogP) is 3.98. The molecule has 0 unspecified atom stereocenters. The summed E-state index contributed by atoms with van der Waals surface area (Å²) in [5, 5.41) is 3.25. The van der Waals surface area contributed by atoms with Crippen molar-refractivity contribution in [3.8, 4) is 0 Å². The van der Waals surface area contributed by atoms with Gasteiger partial charge in [-0.05, 0) is 49.6 Å². The van der Waals surface area contributed by atoms with Crippen molar-refractivity contribution >= 4 is 27.2 Å². The number of hydrogen-bond acceptors (Lipinski definition) is 4. The van der Waals surface area contributed by atoms with Crippen molar-refractivity contribution in [1.82, 2.24) is 4.98 Å². The van der Waals surface area contributed by atoms with Crippen molar-refractivity contribution in [2.75, 3.05) is 15.8 Å². The molecule has 0 amide bonds. The number of hydrogen-bond donors (Lipinski definition) is 2. The Morgan fingerprint density at radius 2 is 1.91 bits per heavy atom. The molecule has 1 heterocycles. The number of nitrogens with zero attached hydrogens (tertiary/aromatic N) is 1. The van der Waals surface area contributed by atoms with Gasteiger partial charge in [0.05, 0.1) is 17.6 Å². The SMILES string of the molecule is CCCCS(=O)(=O)Nc1ccc(Nc2cc(C)ccc2C)nc1. The Balaban J connectivity index is 2.06. The molecule has 0 aliphatic heterocycles. The van der Waals surface area contributed by atoms with Crippen LogP contribution in [-0.4, -0.2) is 19.2 Å². The monoisotopic (exact) mass is 333 g/mol. The van der Waals surface area contributed by atoms with Crippen molar-refractivity contribution in [1.29, 1.82) is 0 Å². The van der Waals surface area contributed by atoms with Gasteiger partial charge in [0.25, 0.3) is 0 Å². The number of benzene rings is 1. The molecule has 23 heavy (non-hydrogen) atoms. The molecule has 0 atom stereocenters. The minimum absolute atomic E-state index is 0.131. The lowest BCUT2D eigenvalue weighted by molar-refractivity contribution is 0.598. The van der Waals surface area contributed by atoms with E-state index < -0.39 is 10.0 Å². The van der Waals surface area contributed by atoms with Gasteiger partial charge < -0.3 is 5.32 Å². The number of aromatic nitrogens is 1. The fraction of sp³-hybridized carbons (Fsp3) is 0.353. The minimum atomic E-state index is -3.29. The lowest BCUT2D eigenvalue weighted by Crippen LogP contribution is -2.16. The van der Waals surface area contributed by atoms with Gasteiger partial charge in [-0.1, -0.05) is 25.5 Å². The van der Waals surface area contributed by atoms with Gasteiger partial charge in [0.1, 0.15) is 5.82 Å². The maximum Gasteiger partial charge on any atom is 0.232 e. The number of sulfonamides is 1. The number of nitrogens with one attached hydrogen (secondary N) is 2. The third kappa shape index (κ3) is 5.25. The smallest absolute Gasteiger partial charge is 0.232 e. The van der Waals surface area contributed by atoms with Gasteiger partial charge in [-0.15, -0.1) is 0 Å². The van der Waals surface area contributed by atoms with Crippen LogP contribution in [0.3, 0.4) is 0 Å². The molecule has 6 heteroatoms. The lowest BCUT2D eigenvalue weighted by atomic mass is 10.1. The Bertz CT molecular complexity index is 756. The first kappa shape index (κ1) is 17.3. The summed E-state index contributed by atoms with van der Waals surface area (Å²) in [6, 6.07) is 9.64. The maximum absolute atomic E-state index is 11.9. The molecule has 0 fully saturated rings. The molecule has 0 spiro atoms. The van der Waals surface area contributed by atoms with E-state index in [9.17, 15) is 8.42 Å². The molecule has 0 saturated carbocycles. The van der Waals surface area contributed by atoms with E-state index in [-0.39, 0.29) is 5.75 Å². The topological polar surface area (TPSA) is 71.1 Å². The van der Waals surface area contributed by atoms with Crippen LogP contribution in [0.4, 0.5) is 17.2 Å². The van der Waals surface area contributed by atoms with E-state index in [0.29, 0.717) is 17.9 Å². The van der Waals surface area contributed by atoms with Gasteiger partial charge in [-0.3, -0.25) is 4.72 Å². The number of unbranched alkanes of at least 4 members (excludes halogenated alkanes) is 1. The van der Waals surface area contributed by atoms with Crippen LogP contribution in [0.1, 0.15) is 30.9 Å². The Kier molecular flexibility index (Phi) is 5.60. The summed E-state index contributed by atoms with van der Waals surface area (Å²) in [5.41, 5.74) is 3.77. The summed E-state index contributed by atoms with van der Waals surface area (Å²) in [5.74, 6) is 0.807. The van der Waals surface area contributed by atoms with Crippen molar-refractivity contribution < 1.29 is 8.42 Å². The summed E-state index contributed by atoms with van der Waals surface area (Å²) in [6.45, 7) is 6.02. The molecule has 5 nitrogen and oxygen atoms in total. The third-order valence-electron chi connectivity index (χ3n) is 3.46. The molecule has 1 aromatic carbocycles. The molecule has 2 aromatic rings. The predicted molar refractivity (Wildman–Crippen MR) is 95.8 cm³/mol. The minimum Gasteiger partial charge on any atom is -0.340 e. The molecule has 124 valence electrons. The Hall–Kier alpha value is -2.08.